The van der Waals surface area contributed by atoms with Crippen LogP contribution in [0.15, 0.2) is 48.7 Å². The maximum Gasteiger partial charge on any atom is 0.245 e. The molecule has 1 aliphatic carbocycles. The second-order valence-corrected chi connectivity index (χ2v) is 10.1. The second kappa shape index (κ2) is 11.5. The van der Waals surface area contributed by atoms with Gasteiger partial charge in [-0.15, -0.1) is 5.10 Å². The van der Waals surface area contributed by atoms with Crippen molar-refractivity contribution in [1.29, 1.82) is 0 Å². The minimum atomic E-state index is -1.34. The maximum absolute atomic E-state index is 14.9. The zero-order valence-electron chi connectivity index (χ0n) is 22.1. The largest absolute Gasteiger partial charge is 0.356 e. The molecule has 0 radical (unpaired) electrons. The molecule has 1 saturated carbocycles. The lowest BCUT2D eigenvalue weighted by atomic mass is 10.0. The van der Waals surface area contributed by atoms with Crippen molar-refractivity contribution in [3.63, 3.8) is 0 Å². The van der Waals surface area contributed by atoms with Gasteiger partial charge in [0.15, 0.2) is 0 Å². The molecule has 2 aliphatic rings. The molecule has 2 amide bonds. The summed E-state index contributed by atoms with van der Waals surface area (Å²) in [6.07, 6.45) is 2.00. The molecule has 2 fully saturated rings. The minimum absolute atomic E-state index is 0.123. The van der Waals surface area contributed by atoms with Crippen LogP contribution in [0.5, 0.6) is 0 Å². The number of nitrogens with zero attached hydrogens (tertiary/aromatic N) is 6. The van der Waals surface area contributed by atoms with Gasteiger partial charge in [0.2, 0.25) is 17.8 Å². The predicted molar refractivity (Wildman–Crippen MR) is 141 cm³/mol. The van der Waals surface area contributed by atoms with Crippen molar-refractivity contribution in [2.75, 3.05) is 24.5 Å². The Bertz CT molecular complexity index is 1310. The summed E-state index contributed by atoms with van der Waals surface area (Å²) in [7, 11) is 0. The Balaban J connectivity index is 1.36. The van der Waals surface area contributed by atoms with Crippen molar-refractivity contribution < 1.29 is 18.4 Å². The molecule has 1 N–H and O–H groups in total. The van der Waals surface area contributed by atoms with Crippen molar-refractivity contribution >= 4 is 17.6 Å². The third kappa shape index (κ3) is 5.76. The van der Waals surface area contributed by atoms with Gasteiger partial charge < -0.3 is 15.1 Å². The Morgan fingerprint density at radius 2 is 1.87 bits per heavy atom. The smallest absolute Gasteiger partial charge is 0.245 e. The summed E-state index contributed by atoms with van der Waals surface area (Å²) in [4.78, 5) is 34.3. The molecule has 3 atom stereocenters. The van der Waals surface area contributed by atoms with E-state index in [0.29, 0.717) is 35.7 Å². The van der Waals surface area contributed by atoms with Gasteiger partial charge in [-0.3, -0.25) is 9.59 Å². The fraction of sp³-hybridized carbons (Fsp3) is 0.464. The van der Waals surface area contributed by atoms with Crippen molar-refractivity contribution in [3.8, 4) is 0 Å². The first kappa shape index (κ1) is 26.7. The number of hydrogen-bond acceptors (Lipinski definition) is 6. The fourth-order valence-electron chi connectivity index (χ4n) is 5.22. The summed E-state index contributed by atoms with van der Waals surface area (Å²) in [5.41, 5.74) is 1.63. The number of pyridine rings is 1. The van der Waals surface area contributed by atoms with E-state index in [1.165, 1.54) is 9.58 Å². The van der Waals surface area contributed by atoms with Gasteiger partial charge in [-0.25, -0.2) is 14.1 Å². The first-order valence-corrected chi connectivity index (χ1v) is 13.5. The molecule has 11 heteroatoms. The SMILES string of the molecule is CCN(CC)c1cnnn1CC(=O)N1C[C@H](F)C[C@H]1C(=O)N[C@@H](c1ccccc1)c1ccc(C2CC2)c(F)n1. The van der Waals surface area contributed by atoms with Gasteiger partial charge in [-0.1, -0.05) is 41.6 Å². The Morgan fingerprint density at radius 3 is 2.54 bits per heavy atom. The van der Waals surface area contributed by atoms with Gasteiger partial charge in [0.1, 0.15) is 24.6 Å². The molecular weight excluding hydrogens is 504 g/mol. The van der Waals surface area contributed by atoms with Crippen LogP contribution < -0.4 is 10.2 Å². The number of likely N-dealkylation sites (tertiary alicyclic amines) is 1. The number of alkyl halides is 1. The Morgan fingerprint density at radius 1 is 1.13 bits per heavy atom. The van der Waals surface area contributed by atoms with E-state index in [1.54, 1.807) is 18.3 Å². The minimum Gasteiger partial charge on any atom is -0.356 e. The molecule has 1 aromatic carbocycles. The summed E-state index contributed by atoms with van der Waals surface area (Å²) in [5, 5.41) is 10.9. The van der Waals surface area contributed by atoms with Crippen LogP contribution in [0, 0.1) is 5.95 Å². The van der Waals surface area contributed by atoms with Gasteiger partial charge in [0.05, 0.1) is 24.5 Å². The van der Waals surface area contributed by atoms with Crippen LogP contribution in [0.1, 0.15) is 61.9 Å². The van der Waals surface area contributed by atoms with Crippen LogP contribution in [0.4, 0.5) is 14.6 Å². The first-order chi connectivity index (χ1) is 18.9. The Labute approximate surface area is 226 Å². The molecule has 0 bridgehead atoms. The van der Waals surface area contributed by atoms with E-state index in [9.17, 15) is 18.4 Å². The lowest BCUT2D eigenvalue weighted by Crippen LogP contribution is -2.48. The van der Waals surface area contributed by atoms with Gasteiger partial charge in [0, 0.05) is 25.1 Å². The average molecular weight is 538 g/mol. The van der Waals surface area contributed by atoms with Crippen LogP contribution in [0.25, 0.3) is 0 Å². The fourth-order valence-corrected chi connectivity index (χ4v) is 5.22. The molecule has 1 aliphatic heterocycles. The molecule has 1 saturated heterocycles. The number of benzene rings is 1. The molecule has 3 aromatic rings. The number of carbonyl (C=O) groups is 2. The van der Waals surface area contributed by atoms with Gasteiger partial charge in [-0.05, 0) is 44.2 Å². The van der Waals surface area contributed by atoms with Crippen molar-refractivity contribution in [2.45, 2.75) is 63.8 Å². The van der Waals surface area contributed by atoms with Gasteiger partial charge in [-0.2, -0.15) is 4.39 Å². The monoisotopic (exact) mass is 537 g/mol. The van der Waals surface area contributed by atoms with Crippen molar-refractivity contribution in [2.24, 2.45) is 0 Å². The van der Waals surface area contributed by atoms with Gasteiger partial charge >= 0.3 is 0 Å². The van der Waals surface area contributed by atoms with E-state index in [1.807, 2.05) is 49.1 Å². The second-order valence-electron chi connectivity index (χ2n) is 10.1. The highest BCUT2D eigenvalue weighted by atomic mass is 19.1. The number of rotatable bonds is 10. The summed E-state index contributed by atoms with van der Waals surface area (Å²) in [6.45, 7) is 5.03. The highest BCUT2D eigenvalue weighted by Gasteiger charge is 2.41. The summed E-state index contributed by atoms with van der Waals surface area (Å²) in [6, 6.07) is 10.8. The third-order valence-electron chi connectivity index (χ3n) is 7.47. The number of amides is 2. The molecule has 2 aromatic heterocycles. The lowest BCUT2D eigenvalue weighted by molar-refractivity contribution is -0.139. The summed E-state index contributed by atoms with van der Waals surface area (Å²) >= 11 is 0. The Hall–Kier alpha value is -3.89. The van der Waals surface area contributed by atoms with Crippen molar-refractivity contribution in [3.05, 3.63) is 71.4 Å². The molecule has 9 nitrogen and oxygen atoms in total. The van der Waals surface area contributed by atoms with Crippen LogP contribution in [-0.2, 0) is 16.1 Å². The number of nitrogens with one attached hydrogen (secondary N) is 1. The number of carbonyl (C=O) groups excluding carboxylic acids is 2. The normalized spacial score (nSPS) is 19.6. The zero-order valence-corrected chi connectivity index (χ0v) is 22.1. The van der Waals surface area contributed by atoms with E-state index in [0.717, 1.165) is 12.8 Å². The lowest BCUT2D eigenvalue weighted by Gasteiger charge is -2.27. The molecule has 206 valence electrons. The first-order valence-electron chi connectivity index (χ1n) is 13.5. The molecule has 0 spiro atoms. The zero-order chi connectivity index (χ0) is 27.5. The van der Waals surface area contributed by atoms with E-state index in [-0.39, 0.29) is 25.4 Å². The third-order valence-corrected chi connectivity index (χ3v) is 7.47. The van der Waals surface area contributed by atoms with E-state index in [4.69, 9.17) is 0 Å². The maximum atomic E-state index is 14.9. The van der Waals surface area contributed by atoms with Crippen LogP contribution >= 0.6 is 0 Å². The van der Waals surface area contributed by atoms with Gasteiger partial charge in [0.25, 0.3) is 0 Å². The van der Waals surface area contributed by atoms with Crippen LogP contribution in [0.2, 0.25) is 0 Å². The molecular formula is C28H33F2N7O2. The molecule has 3 heterocycles. The van der Waals surface area contributed by atoms with E-state index in [2.05, 4.69) is 20.6 Å². The Kier molecular flexibility index (Phi) is 7.85. The van der Waals surface area contributed by atoms with Crippen LogP contribution in [-0.4, -0.2) is 68.5 Å². The number of anilines is 1. The standard InChI is InChI=1S/C28H33F2N7O2/c1-3-35(4-2)24-15-31-34-37(24)17-25(38)36-16-20(29)14-23(36)28(39)33-26(19-8-6-5-7-9-19)22-13-12-21(18-10-11-18)27(30)32-22/h5-9,12-13,15,18,20,23,26H,3-4,10-11,14,16-17H2,1-2H3,(H,33,39)/t20-,23+,26+/m1/s1. The number of hydrogen-bond donors (Lipinski definition) is 1. The molecule has 39 heavy (non-hydrogen) atoms. The molecule has 0 unspecified atom stereocenters. The quantitative estimate of drug-likeness (QED) is 0.399. The predicted octanol–water partition coefficient (Wildman–Crippen LogP) is 3.38. The van der Waals surface area contributed by atoms with Crippen molar-refractivity contribution in [1.82, 2.24) is 30.2 Å². The van der Waals surface area contributed by atoms with E-state index >= 15 is 0 Å². The average Bonchev–Trinajstić information content (AvgIpc) is 3.55. The topological polar surface area (TPSA) is 96.3 Å². The van der Waals surface area contributed by atoms with Crippen LogP contribution in [0.3, 0.4) is 0 Å². The van der Waals surface area contributed by atoms with E-state index < -0.39 is 36.0 Å². The highest BCUT2D eigenvalue weighted by molar-refractivity contribution is 5.89. The number of halogens is 2. The highest BCUT2D eigenvalue weighted by Crippen LogP contribution is 2.41. The molecule has 5 rings (SSSR count). The number of aromatic nitrogens is 4. The summed E-state index contributed by atoms with van der Waals surface area (Å²) in [5.74, 6) is -0.611. The summed E-state index contributed by atoms with van der Waals surface area (Å²) < 4.78 is 30.9.